The zero-order valence-corrected chi connectivity index (χ0v) is 10.6. The van der Waals surface area contributed by atoms with Crippen molar-refractivity contribution in [2.45, 2.75) is 19.5 Å². The lowest BCUT2D eigenvalue weighted by Gasteiger charge is -2.10. The molecule has 0 amide bonds. The molecule has 6 heteroatoms. The van der Waals surface area contributed by atoms with E-state index in [4.69, 9.17) is 5.11 Å². The fourth-order valence-electron chi connectivity index (χ4n) is 1.65. The molecule has 0 saturated heterocycles. The highest BCUT2D eigenvalue weighted by Gasteiger charge is 2.14. The minimum atomic E-state index is -0.560. The number of aromatic nitrogens is 3. The van der Waals surface area contributed by atoms with Gasteiger partial charge < -0.3 is 10.4 Å². The Morgan fingerprint density at radius 1 is 1.42 bits per heavy atom. The van der Waals surface area contributed by atoms with Gasteiger partial charge >= 0.3 is 0 Å². The van der Waals surface area contributed by atoms with E-state index in [0.717, 1.165) is 11.3 Å². The van der Waals surface area contributed by atoms with Crippen molar-refractivity contribution in [3.05, 3.63) is 41.7 Å². The van der Waals surface area contributed by atoms with Gasteiger partial charge in [0.25, 0.3) is 0 Å². The molecule has 1 aromatic heterocycles. The third-order valence-corrected chi connectivity index (χ3v) is 2.67. The van der Waals surface area contributed by atoms with Crippen LogP contribution in [0.4, 0.5) is 5.69 Å². The van der Waals surface area contributed by atoms with Gasteiger partial charge in [-0.1, -0.05) is 22.9 Å². The number of nitrogens with one attached hydrogen (secondary N) is 1. The van der Waals surface area contributed by atoms with Gasteiger partial charge in [-0.15, -0.1) is 5.10 Å². The lowest BCUT2D eigenvalue weighted by atomic mass is 10.2. The normalized spacial score (nSPS) is 11.8. The van der Waals surface area contributed by atoms with Gasteiger partial charge in [-0.2, -0.15) is 5.26 Å². The van der Waals surface area contributed by atoms with Gasteiger partial charge in [0.2, 0.25) is 0 Å². The number of aryl methyl sites for hydroxylation is 1. The van der Waals surface area contributed by atoms with Crippen LogP contribution >= 0.6 is 0 Å². The molecule has 0 spiro atoms. The predicted molar refractivity (Wildman–Crippen MR) is 70.3 cm³/mol. The van der Waals surface area contributed by atoms with E-state index < -0.39 is 6.04 Å². The molecule has 1 aromatic carbocycles. The fourth-order valence-corrected chi connectivity index (χ4v) is 1.65. The predicted octanol–water partition coefficient (Wildman–Crippen LogP) is 1.26. The van der Waals surface area contributed by atoms with Gasteiger partial charge in [0.15, 0.2) is 6.04 Å². The van der Waals surface area contributed by atoms with Gasteiger partial charge in [0.05, 0.1) is 25.4 Å². The summed E-state index contributed by atoms with van der Waals surface area (Å²) in [6.45, 7) is 2.37. The molecular formula is C13H15N5O. The van der Waals surface area contributed by atoms with Crippen LogP contribution in [0, 0.1) is 18.3 Å². The largest absolute Gasteiger partial charge is 0.394 e. The third-order valence-electron chi connectivity index (χ3n) is 2.67. The summed E-state index contributed by atoms with van der Waals surface area (Å²) in [7, 11) is 0. The van der Waals surface area contributed by atoms with E-state index in [1.54, 1.807) is 6.20 Å². The lowest BCUT2D eigenvalue weighted by Crippen LogP contribution is -2.09. The Kier molecular flexibility index (Phi) is 4.11. The Bertz CT molecular complexity index is 569. The van der Waals surface area contributed by atoms with E-state index in [1.165, 1.54) is 4.68 Å². The number of benzene rings is 1. The fraction of sp³-hybridized carbons (Fsp3) is 0.308. The van der Waals surface area contributed by atoms with Crippen LogP contribution in [0.3, 0.4) is 0 Å². The van der Waals surface area contributed by atoms with Crippen LogP contribution in [0.1, 0.15) is 17.3 Å². The summed E-state index contributed by atoms with van der Waals surface area (Å²) in [4.78, 5) is 0. The van der Waals surface area contributed by atoms with E-state index in [9.17, 15) is 5.26 Å². The molecule has 0 aliphatic heterocycles. The number of hydrogen-bond acceptors (Lipinski definition) is 5. The van der Waals surface area contributed by atoms with Crippen LogP contribution in [0.15, 0.2) is 30.5 Å². The number of hydrogen-bond donors (Lipinski definition) is 2. The van der Waals surface area contributed by atoms with E-state index in [2.05, 4.69) is 21.7 Å². The molecule has 98 valence electrons. The Labute approximate surface area is 111 Å². The maximum Gasteiger partial charge on any atom is 0.160 e. The van der Waals surface area contributed by atoms with Crippen molar-refractivity contribution in [2.24, 2.45) is 0 Å². The summed E-state index contributed by atoms with van der Waals surface area (Å²) >= 11 is 0. The second kappa shape index (κ2) is 5.98. The van der Waals surface area contributed by atoms with Gasteiger partial charge in [-0.25, -0.2) is 4.68 Å². The molecule has 1 atom stereocenters. The average molecular weight is 257 g/mol. The first-order valence-corrected chi connectivity index (χ1v) is 5.96. The Morgan fingerprint density at radius 3 is 2.79 bits per heavy atom. The summed E-state index contributed by atoms with van der Waals surface area (Å²) < 4.78 is 1.51. The van der Waals surface area contributed by atoms with Gasteiger partial charge in [-0.3, -0.25) is 0 Å². The minimum absolute atomic E-state index is 0.00852. The molecule has 2 rings (SSSR count). The Morgan fingerprint density at radius 2 is 2.16 bits per heavy atom. The van der Waals surface area contributed by atoms with Gasteiger partial charge in [0.1, 0.15) is 5.69 Å². The SMILES string of the molecule is Cc1ccc(NC(C#N)c2cn(CCO)nn2)cc1. The summed E-state index contributed by atoms with van der Waals surface area (Å²) in [6.07, 6.45) is 1.66. The molecule has 0 radical (unpaired) electrons. The van der Waals surface area contributed by atoms with Crippen molar-refractivity contribution >= 4 is 5.69 Å². The number of rotatable bonds is 5. The molecule has 0 fully saturated rings. The topological polar surface area (TPSA) is 86.8 Å². The second-order valence-corrected chi connectivity index (χ2v) is 4.20. The number of anilines is 1. The molecule has 0 aliphatic rings. The molecule has 1 heterocycles. The maximum absolute atomic E-state index is 9.20. The molecule has 0 bridgehead atoms. The zero-order chi connectivity index (χ0) is 13.7. The number of aliphatic hydroxyl groups is 1. The van der Waals surface area contributed by atoms with Crippen LogP contribution in [-0.4, -0.2) is 26.7 Å². The number of nitriles is 1. The maximum atomic E-state index is 9.20. The smallest absolute Gasteiger partial charge is 0.160 e. The molecule has 0 aliphatic carbocycles. The van der Waals surface area contributed by atoms with E-state index in [-0.39, 0.29) is 6.61 Å². The highest BCUT2D eigenvalue weighted by atomic mass is 16.3. The van der Waals surface area contributed by atoms with E-state index in [0.29, 0.717) is 12.2 Å². The second-order valence-electron chi connectivity index (χ2n) is 4.20. The highest BCUT2D eigenvalue weighted by molar-refractivity contribution is 5.47. The van der Waals surface area contributed by atoms with Crippen LogP contribution in [0.5, 0.6) is 0 Å². The molecular weight excluding hydrogens is 242 g/mol. The number of aliphatic hydroxyl groups excluding tert-OH is 1. The lowest BCUT2D eigenvalue weighted by molar-refractivity contribution is 0.268. The number of nitrogens with zero attached hydrogens (tertiary/aromatic N) is 4. The summed E-state index contributed by atoms with van der Waals surface area (Å²) in [5.41, 5.74) is 2.55. The minimum Gasteiger partial charge on any atom is -0.394 e. The van der Waals surface area contributed by atoms with Crippen molar-refractivity contribution in [2.75, 3.05) is 11.9 Å². The van der Waals surface area contributed by atoms with Crippen molar-refractivity contribution in [1.29, 1.82) is 5.26 Å². The highest BCUT2D eigenvalue weighted by Crippen LogP contribution is 2.17. The molecule has 0 saturated carbocycles. The van der Waals surface area contributed by atoms with Crippen molar-refractivity contribution in [3.8, 4) is 6.07 Å². The van der Waals surface area contributed by atoms with Crippen LogP contribution in [0.2, 0.25) is 0 Å². The van der Waals surface area contributed by atoms with E-state index in [1.807, 2.05) is 31.2 Å². The first-order chi connectivity index (χ1) is 9.22. The molecule has 19 heavy (non-hydrogen) atoms. The molecule has 2 N–H and O–H groups in total. The molecule has 2 aromatic rings. The standard InChI is InChI=1S/C13H15N5O/c1-10-2-4-11(5-3-10)15-12(8-14)13-9-18(6-7-19)17-16-13/h2-5,9,12,15,19H,6-7H2,1H3. The zero-order valence-electron chi connectivity index (χ0n) is 10.6. The summed E-state index contributed by atoms with van der Waals surface area (Å²) in [5.74, 6) is 0. The summed E-state index contributed by atoms with van der Waals surface area (Å²) in [5, 5.41) is 28.9. The van der Waals surface area contributed by atoms with E-state index >= 15 is 0 Å². The van der Waals surface area contributed by atoms with Crippen LogP contribution in [-0.2, 0) is 6.54 Å². The Balaban J connectivity index is 2.11. The quantitative estimate of drug-likeness (QED) is 0.842. The first-order valence-electron chi connectivity index (χ1n) is 5.96. The summed E-state index contributed by atoms with van der Waals surface area (Å²) in [6, 6.07) is 9.36. The van der Waals surface area contributed by atoms with Crippen molar-refractivity contribution in [3.63, 3.8) is 0 Å². The van der Waals surface area contributed by atoms with Crippen molar-refractivity contribution < 1.29 is 5.11 Å². The molecule has 6 nitrogen and oxygen atoms in total. The van der Waals surface area contributed by atoms with Crippen LogP contribution in [0.25, 0.3) is 0 Å². The average Bonchev–Trinajstić information content (AvgIpc) is 2.87. The van der Waals surface area contributed by atoms with Crippen molar-refractivity contribution in [1.82, 2.24) is 15.0 Å². The third kappa shape index (κ3) is 3.30. The molecule has 1 unspecified atom stereocenters. The van der Waals surface area contributed by atoms with Gasteiger partial charge in [0, 0.05) is 5.69 Å². The first kappa shape index (κ1) is 13.1. The Hall–Kier alpha value is -2.39. The van der Waals surface area contributed by atoms with Gasteiger partial charge in [-0.05, 0) is 19.1 Å². The monoisotopic (exact) mass is 257 g/mol. The van der Waals surface area contributed by atoms with Crippen LogP contribution < -0.4 is 5.32 Å².